The van der Waals surface area contributed by atoms with Crippen LogP contribution in [0, 0.1) is 27.3 Å². The third kappa shape index (κ3) is 2.44. The lowest BCUT2D eigenvalue weighted by atomic mass is 10.1. The van der Waals surface area contributed by atoms with Crippen LogP contribution in [-0.4, -0.2) is 21.0 Å². The van der Waals surface area contributed by atoms with E-state index in [1.165, 1.54) is 6.20 Å². The molecule has 0 aliphatic carbocycles. The molecule has 0 radical (unpaired) electrons. The van der Waals surface area contributed by atoms with Crippen molar-refractivity contribution in [3.8, 4) is 6.07 Å². The fourth-order valence-electron chi connectivity index (χ4n) is 1.50. The maximum atomic E-state index is 13.1. The number of anilines is 1. The Bertz CT molecular complexity index is 734. The number of amides is 1. The van der Waals surface area contributed by atoms with Crippen LogP contribution in [0.3, 0.4) is 0 Å². The Kier molecular flexibility index (Phi) is 3.39. The standard InChI is InChI=1S/C11H6FN5O3/c12-7-1-2-9(17(19)20)8(3-7)11(18)15-10-6(4-13)5-14-16-10/h1-3,5H,(H2,14,15,16,18). The van der Waals surface area contributed by atoms with Crippen LogP contribution in [0.25, 0.3) is 0 Å². The smallest absolute Gasteiger partial charge is 0.282 e. The summed E-state index contributed by atoms with van der Waals surface area (Å²) in [7, 11) is 0. The predicted molar refractivity (Wildman–Crippen MR) is 64.3 cm³/mol. The Labute approximate surface area is 111 Å². The second kappa shape index (κ2) is 5.15. The number of benzene rings is 1. The Balaban J connectivity index is 2.37. The summed E-state index contributed by atoms with van der Waals surface area (Å²) < 4.78 is 13.1. The largest absolute Gasteiger partial charge is 0.306 e. The van der Waals surface area contributed by atoms with Gasteiger partial charge < -0.3 is 5.32 Å². The highest BCUT2D eigenvalue weighted by Gasteiger charge is 2.22. The fourth-order valence-corrected chi connectivity index (χ4v) is 1.50. The summed E-state index contributed by atoms with van der Waals surface area (Å²) in [5.41, 5.74) is -0.937. The number of H-pyrrole nitrogens is 1. The number of aromatic amines is 1. The predicted octanol–water partition coefficient (Wildman–Crippen LogP) is 1.58. The molecule has 9 heteroatoms. The Hall–Kier alpha value is -3.28. The molecule has 8 nitrogen and oxygen atoms in total. The van der Waals surface area contributed by atoms with E-state index >= 15 is 0 Å². The van der Waals surface area contributed by atoms with E-state index in [0.29, 0.717) is 0 Å². The Morgan fingerprint density at radius 3 is 2.95 bits per heavy atom. The highest BCUT2D eigenvalue weighted by molar-refractivity contribution is 6.07. The molecule has 2 rings (SSSR count). The summed E-state index contributed by atoms with van der Waals surface area (Å²) in [4.78, 5) is 21.9. The van der Waals surface area contributed by atoms with Crippen molar-refractivity contribution in [1.82, 2.24) is 10.2 Å². The molecule has 0 unspecified atom stereocenters. The second-order valence-electron chi connectivity index (χ2n) is 3.64. The van der Waals surface area contributed by atoms with Gasteiger partial charge in [0.25, 0.3) is 11.6 Å². The van der Waals surface area contributed by atoms with E-state index in [1.807, 2.05) is 0 Å². The number of carbonyl (C=O) groups excluding carboxylic acids is 1. The van der Waals surface area contributed by atoms with E-state index in [2.05, 4.69) is 15.5 Å². The fraction of sp³-hybridized carbons (Fsp3) is 0. The zero-order valence-corrected chi connectivity index (χ0v) is 9.75. The molecule has 1 heterocycles. The SMILES string of the molecule is N#Cc1cn[nH]c1NC(=O)c1cc(F)ccc1[N+](=O)[O-]. The van der Waals surface area contributed by atoms with Crippen LogP contribution >= 0.6 is 0 Å². The van der Waals surface area contributed by atoms with Gasteiger partial charge in [-0.05, 0) is 12.1 Å². The van der Waals surface area contributed by atoms with Gasteiger partial charge in [0, 0.05) is 6.07 Å². The highest BCUT2D eigenvalue weighted by atomic mass is 19.1. The number of nitro groups is 1. The third-order valence-corrected chi connectivity index (χ3v) is 2.40. The van der Waals surface area contributed by atoms with Gasteiger partial charge in [-0.1, -0.05) is 0 Å². The first kappa shape index (κ1) is 13.2. The molecule has 2 aromatic rings. The molecule has 1 aromatic heterocycles. The first-order chi connectivity index (χ1) is 9.52. The third-order valence-electron chi connectivity index (χ3n) is 2.40. The van der Waals surface area contributed by atoms with E-state index in [4.69, 9.17) is 5.26 Å². The van der Waals surface area contributed by atoms with E-state index < -0.39 is 27.9 Å². The molecule has 2 N–H and O–H groups in total. The number of carbonyl (C=O) groups is 1. The van der Waals surface area contributed by atoms with Gasteiger partial charge >= 0.3 is 0 Å². The second-order valence-corrected chi connectivity index (χ2v) is 3.64. The van der Waals surface area contributed by atoms with Gasteiger partial charge in [0.05, 0.1) is 11.1 Å². The number of nitro benzene ring substituents is 1. The van der Waals surface area contributed by atoms with Crippen LogP contribution in [0.2, 0.25) is 0 Å². The van der Waals surface area contributed by atoms with Crippen LogP contribution in [0.4, 0.5) is 15.9 Å². The van der Waals surface area contributed by atoms with Gasteiger partial charge in [-0.25, -0.2) is 4.39 Å². The number of rotatable bonds is 3. The molecule has 0 atom stereocenters. The number of aromatic nitrogens is 2. The molecule has 1 amide bonds. The molecule has 0 bridgehead atoms. The Morgan fingerprint density at radius 2 is 2.30 bits per heavy atom. The van der Waals surface area contributed by atoms with Crippen LogP contribution in [0.15, 0.2) is 24.4 Å². The van der Waals surface area contributed by atoms with Crippen LogP contribution in [0.5, 0.6) is 0 Å². The summed E-state index contributed by atoms with van der Waals surface area (Å²) in [5.74, 6) is -1.72. The number of hydrogen-bond acceptors (Lipinski definition) is 5. The maximum absolute atomic E-state index is 13.1. The maximum Gasteiger partial charge on any atom is 0.282 e. The van der Waals surface area contributed by atoms with E-state index in [9.17, 15) is 19.3 Å². The van der Waals surface area contributed by atoms with Gasteiger partial charge in [-0.2, -0.15) is 10.4 Å². The quantitative estimate of drug-likeness (QED) is 0.649. The van der Waals surface area contributed by atoms with Gasteiger partial charge in [-0.3, -0.25) is 20.0 Å². The number of hydrogen-bond donors (Lipinski definition) is 2. The molecule has 0 aliphatic rings. The van der Waals surface area contributed by atoms with Crippen molar-refractivity contribution in [2.75, 3.05) is 5.32 Å². The molecule has 20 heavy (non-hydrogen) atoms. The van der Waals surface area contributed by atoms with E-state index in [0.717, 1.165) is 18.2 Å². The summed E-state index contributed by atoms with van der Waals surface area (Å²) in [6.07, 6.45) is 1.18. The lowest BCUT2D eigenvalue weighted by molar-refractivity contribution is -0.385. The van der Waals surface area contributed by atoms with Crippen molar-refractivity contribution < 1.29 is 14.1 Å². The van der Waals surface area contributed by atoms with Crippen molar-refractivity contribution in [2.45, 2.75) is 0 Å². The first-order valence-corrected chi connectivity index (χ1v) is 5.21. The van der Waals surface area contributed by atoms with Crippen molar-refractivity contribution in [2.24, 2.45) is 0 Å². The summed E-state index contributed by atoms with van der Waals surface area (Å²) >= 11 is 0. The van der Waals surface area contributed by atoms with Crippen molar-refractivity contribution >= 4 is 17.4 Å². The lowest BCUT2D eigenvalue weighted by Crippen LogP contribution is -2.15. The first-order valence-electron chi connectivity index (χ1n) is 5.21. The van der Waals surface area contributed by atoms with Crippen molar-refractivity contribution in [3.63, 3.8) is 0 Å². The molecule has 0 aliphatic heterocycles. The number of nitrogens with one attached hydrogen (secondary N) is 2. The minimum absolute atomic E-state index is 0.0175. The number of halogens is 1. The zero-order valence-electron chi connectivity index (χ0n) is 9.75. The number of nitriles is 1. The van der Waals surface area contributed by atoms with Crippen LogP contribution < -0.4 is 5.32 Å². The summed E-state index contributed by atoms with van der Waals surface area (Å²) in [6.45, 7) is 0. The van der Waals surface area contributed by atoms with E-state index in [-0.39, 0.29) is 11.4 Å². The average Bonchev–Trinajstić information content (AvgIpc) is 2.85. The average molecular weight is 275 g/mol. The molecule has 0 fully saturated rings. The zero-order chi connectivity index (χ0) is 14.7. The molecular weight excluding hydrogens is 269 g/mol. The van der Waals surface area contributed by atoms with E-state index in [1.54, 1.807) is 6.07 Å². The van der Waals surface area contributed by atoms with Gasteiger partial charge in [0.15, 0.2) is 0 Å². The summed E-state index contributed by atoms with van der Waals surface area (Å²) in [5, 5.41) is 27.7. The Morgan fingerprint density at radius 1 is 1.55 bits per heavy atom. The number of nitrogens with zero attached hydrogens (tertiary/aromatic N) is 3. The van der Waals surface area contributed by atoms with Gasteiger partial charge in [0.2, 0.25) is 0 Å². The normalized spacial score (nSPS) is 9.80. The topological polar surface area (TPSA) is 125 Å². The van der Waals surface area contributed by atoms with Gasteiger partial charge in [-0.15, -0.1) is 0 Å². The highest BCUT2D eigenvalue weighted by Crippen LogP contribution is 2.21. The molecule has 100 valence electrons. The van der Waals surface area contributed by atoms with Gasteiger partial charge in [0.1, 0.15) is 28.8 Å². The van der Waals surface area contributed by atoms with Crippen LogP contribution in [0.1, 0.15) is 15.9 Å². The minimum Gasteiger partial charge on any atom is -0.306 e. The van der Waals surface area contributed by atoms with Crippen molar-refractivity contribution in [1.29, 1.82) is 5.26 Å². The van der Waals surface area contributed by atoms with Crippen molar-refractivity contribution in [3.05, 3.63) is 51.5 Å². The lowest BCUT2D eigenvalue weighted by Gasteiger charge is -2.04. The molecule has 0 saturated carbocycles. The van der Waals surface area contributed by atoms with Crippen LogP contribution in [-0.2, 0) is 0 Å². The molecule has 1 aromatic carbocycles. The minimum atomic E-state index is -0.919. The molecule has 0 spiro atoms. The summed E-state index contributed by atoms with van der Waals surface area (Å²) in [6, 6.07) is 4.28. The molecular formula is C11H6FN5O3. The molecule has 0 saturated heterocycles. The monoisotopic (exact) mass is 275 g/mol.